The van der Waals surface area contributed by atoms with E-state index in [2.05, 4.69) is 20.5 Å². The van der Waals surface area contributed by atoms with Crippen LogP contribution in [0.15, 0.2) is 28.8 Å². The van der Waals surface area contributed by atoms with Crippen molar-refractivity contribution in [3.05, 3.63) is 47.2 Å². The molecule has 3 aliphatic heterocycles. The molecular weight excluding hydrogens is 430 g/mol. The lowest BCUT2D eigenvalue weighted by Gasteiger charge is -2.27. The van der Waals surface area contributed by atoms with Crippen LogP contribution in [-0.4, -0.2) is 70.8 Å². The Morgan fingerprint density at radius 1 is 1.12 bits per heavy atom. The Morgan fingerprint density at radius 2 is 1.94 bits per heavy atom. The van der Waals surface area contributed by atoms with Crippen molar-refractivity contribution in [1.82, 2.24) is 20.1 Å². The van der Waals surface area contributed by atoms with Crippen molar-refractivity contribution in [2.24, 2.45) is 0 Å². The molecule has 1 aromatic heterocycles. The smallest absolute Gasteiger partial charge is 0.264 e. The third-order valence-electron chi connectivity index (χ3n) is 5.99. The van der Waals surface area contributed by atoms with Gasteiger partial charge in [-0.1, -0.05) is 6.07 Å². The number of amides is 4. The number of nitrogens with zero attached hydrogens (tertiary/aromatic N) is 3. The molecule has 11 nitrogen and oxygen atoms in total. The van der Waals surface area contributed by atoms with E-state index in [-0.39, 0.29) is 30.5 Å². The first-order valence-corrected chi connectivity index (χ1v) is 10.8. The van der Waals surface area contributed by atoms with Gasteiger partial charge in [-0.05, 0) is 18.6 Å². The summed E-state index contributed by atoms with van der Waals surface area (Å²) >= 11 is 0. The Labute approximate surface area is 189 Å². The molecule has 2 saturated heterocycles. The number of rotatable bonds is 6. The maximum atomic E-state index is 13.1. The molecule has 4 heterocycles. The van der Waals surface area contributed by atoms with Gasteiger partial charge in [-0.3, -0.25) is 34.3 Å². The van der Waals surface area contributed by atoms with E-state index in [1.54, 1.807) is 24.4 Å². The van der Waals surface area contributed by atoms with E-state index in [1.807, 2.05) is 0 Å². The van der Waals surface area contributed by atoms with E-state index in [9.17, 15) is 19.2 Å². The molecule has 2 fully saturated rings. The fourth-order valence-electron chi connectivity index (χ4n) is 4.30. The molecule has 11 heteroatoms. The number of anilines is 1. The first kappa shape index (κ1) is 21.3. The summed E-state index contributed by atoms with van der Waals surface area (Å²) in [5.41, 5.74) is 0.896. The van der Waals surface area contributed by atoms with Gasteiger partial charge in [0.05, 0.1) is 43.6 Å². The first-order chi connectivity index (χ1) is 16.0. The van der Waals surface area contributed by atoms with Crippen molar-refractivity contribution in [2.75, 3.05) is 31.6 Å². The quantitative estimate of drug-likeness (QED) is 0.600. The van der Waals surface area contributed by atoms with Gasteiger partial charge in [0.25, 0.3) is 11.8 Å². The maximum absolute atomic E-state index is 13.1. The number of hydrogen-bond acceptors (Lipinski definition) is 9. The van der Waals surface area contributed by atoms with Crippen molar-refractivity contribution in [2.45, 2.75) is 32.0 Å². The van der Waals surface area contributed by atoms with Gasteiger partial charge in [0.15, 0.2) is 0 Å². The SMILES string of the molecule is O=C1CCC(N2C(=O)c3cccc(NCc4cnc(CN5CCOCC5)o4)c3C2=O)C(=O)N1. The minimum absolute atomic E-state index is 0.0766. The molecule has 2 aromatic rings. The largest absolute Gasteiger partial charge is 0.442 e. The molecule has 0 saturated carbocycles. The summed E-state index contributed by atoms with van der Waals surface area (Å²) in [5, 5.41) is 5.35. The Bertz CT molecular complexity index is 1120. The number of carbonyl (C=O) groups excluding carboxylic acids is 4. The number of benzene rings is 1. The van der Waals surface area contributed by atoms with Crippen LogP contribution in [0.25, 0.3) is 0 Å². The van der Waals surface area contributed by atoms with Crippen LogP contribution < -0.4 is 10.6 Å². The molecule has 3 aliphatic rings. The van der Waals surface area contributed by atoms with Crippen LogP contribution in [0.1, 0.15) is 45.2 Å². The van der Waals surface area contributed by atoms with Crippen LogP contribution in [0.3, 0.4) is 0 Å². The Kier molecular flexibility index (Phi) is 5.65. The Balaban J connectivity index is 1.29. The highest BCUT2D eigenvalue weighted by Crippen LogP contribution is 2.32. The molecule has 1 aromatic carbocycles. The lowest BCUT2D eigenvalue weighted by molar-refractivity contribution is -0.136. The molecule has 33 heavy (non-hydrogen) atoms. The van der Waals surface area contributed by atoms with E-state index in [4.69, 9.17) is 9.15 Å². The second-order valence-electron chi connectivity index (χ2n) is 8.14. The van der Waals surface area contributed by atoms with E-state index in [1.165, 1.54) is 0 Å². The molecule has 5 rings (SSSR count). The second kappa shape index (κ2) is 8.75. The number of oxazole rings is 1. The lowest BCUT2D eigenvalue weighted by atomic mass is 10.0. The van der Waals surface area contributed by atoms with Gasteiger partial charge in [0.2, 0.25) is 17.7 Å². The number of carbonyl (C=O) groups is 4. The molecule has 0 spiro atoms. The van der Waals surface area contributed by atoms with Crippen molar-refractivity contribution < 1.29 is 28.3 Å². The lowest BCUT2D eigenvalue weighted by Crippen LogP contribution is -2.54. The predicted octanol–water partition coefficient (Wildman–Crippen LogP) is 0.520. The highest BCUT2D eigenvalue weighted by atomic mass is 16.5. The van der Waals surface area contributed by atoms with Crippen LogP contribution in [-0.2, 0) is 27.4 Å². The number of ether oxygens (including phenoxy) is 1. The van der Waals surface area contributed by atoms with Gasteiger partial charge >= 0.3 is 0 Å². The maximum Gasteiger partial charge on any atom is 0.264 e. The van der Waals surface area contributed by atoms with E-state index < -0.39 is 29.7 Å². The molecule has 1 atom stereocenters. The average molecular weight is 453 g/mol. The van der Waals surface area contributed by atoms with E-state index in [0.29, 0.717) is 37.1 Å². The number of hydrogen-bond donors (Lipinski definition) is 2. The molecule has 0 radical (unpaired) electrons. The fourth-order valence-corrected chi connectivity index (χ4v) is 4.30. The molecule has 172 valence electrons. The summed E-state index contributed by atoms with van der Waals surface area (Å²) in [7, 11) is 0. The molecule has 0 aliphatic carbocycles. The second-order valence-corrected chi connectivity index (χ2v) is 8.14. The number of imide groups is 2. The highest BCUT2D eigenvalue weighted by molar-refractivity contribution is 6.25. The summed E-state index contributed by atoms with van der Waals surface area (Å²) in [4.78, 5) is 57.2. The Hall–Kier alpha value is -3.57. The molecular formula is C22H23N5O6. The fraction of sp³-hybridized carbons (Fsp3) is 0.409. The predicted molar refractivity (Wildman–Crippen MR) is 113 cm³/mol. The van der Waals surface area contributed by atoms with Gasteiger partial charge in [-0.25, -0.2) is 4.98 Å². The Morgan fingerprint density at radius 3 is 2.73 bits per heavy atom. The summed E-state index contributed by atoms with van der Waals surface area (Å²) < 4.78 is 11.2. The van der Waals surface area contributed by atoms with Gasteiger partial charge in [0, 0.05) is 25.2 Å². The van der Waals surface area contributed by atoms with E-state index in [0.717, 1.165) is 18.0 Å². The zero-order valence-corrected chi connectivity index (χ0v) is 17.8. The van der Waals surface area contributed by atoms with Gasteiger partial charge in [0.1, 0.15) is 11.8 Å². The van der Waals surface area contributed by atoms with Gasteiger partial charge in [-0.15, -0.1) is 0 Å². The number of nitrogens with one attached hydrogen (secondary N) is 2. The standard InChI is InChI=1S/C22H23N5O6/c28-17-5-4-16(20(29)25-17)27-21(30)14-2-1-3-15(19(14)22(27)31)23-10-13-11-24-18(33-13)12-26-6-8-32-9-7-26/h1-3,11,16,23H,4-10,12H2,(H,25,28,29). The topological polar surface area (TPSA) is 134 Å². The highest BCUT2D eigenvalue weighted by Gasteiger charge is 2.45. The van der Waals surface area contributed by atoms with Gasteiger partial charge in [-0.2, -0.15) is 0 Å². The van der Waals surface area contributed by atoms with Crippen LogP contribution in [0.4, 0.5) is 5.69 Å². The van der Waals surface area contributed by atoms with Crippen LogP contribution >= 0.6 is 0 Å². The number of piperidine rings is 1. The van der Waals surface area contributed by atoms with E-state index >= 15 is 0 Å². The minimum Gasteiger partial charge on any atom is -0.442 e. The monoisotopic (exact) mass is 453 g/mol. The number of morpholine rings is 1. The normalized spacial score (nSPS) is 21.3. The third kappa shape index (κ3) is 4.12. The van der Waals surface area contributed by atoms with Crippen molar-refractivity contribution in [1.29, 1.82) is 0 Å². The van der Waals surface area contributed by atoms with Crippen molar-refractivity contribution in [3.8, 4) is 0 Å². The first-order valence-electron chi connectivity index (χ1n) is 10.8. The summed E-state index contributed by atoms with van der Waals surface area (Å²) in [6, 6.07) is 3.93. The van der Waals surface area contributed by atoms with Crippen molar-refractivity contribution in [3.63, 3.8) is 0 Å². The average Bonchev–Trinajstić information content (AvgIpc) is 3.36. The van der Waals surface area contributed by atoms with Crippen LogP contribution in [0.2, 0.25) is 0 Å². The zero-order chi connectivity index (χ0) is 22.9. The molecule has 1 unspecified atom stereocenters. The summed E-state index contributed by atoms with van der Waals surface area (Å²) in [5.74, 6) is -0.948. The number of fused-ring (bicyclic) bond motifs is 1. The third-order valence-corrected chi connectivity index (χ3v) is 5.99. The summed E-state index contributed by atoms with van der Waals surface area (Å²) in [6.07, 6.45) is 1.82. The number of aromatic nitrogens is 1. The minimum atomic E-state index is -1.00. The molecule has 0 bridgehead atoms. The molecule has 2 N–H and O–H groups in total. The van der Waals surface area contributed by atoms with Crippen LogP contribution in [0.5, 0.6) is 0 Å². The van der Waals surface area contributed by atoms with Crippen LogP contribution in [0, 0.1) is 0 Å². The zero-order valence-electron chi connectivity index (χ0n) is 17.8. The molecule has 4 amide bonds. The van der Waals surface area contributed by atoms with Crippen molar-refractivity contribution >= 4 is 29.3 Å². The van der Waals surface area contributed by atoms with Gasteiger partial charge < -0.3 is 14.5 Å². The summed E-state index contributed by atoms with van der Waals surface area (Å²) in [6.45, 7) is 3.90.